The average Bonchev–Trinajstić information content (AvgIpc) is 3.20. The Morgan fingerprint density at radius 3 is 2.09 bits per heavy atom. The summed E-state index contributed by atoms with van der Waals surface area (Å²) in [6, 6.07) is 20.6. The second-order valence-electron chi connectivity index (χ2n) is 8.50. The third-order valence-electron chi connectivity index (χ3n) is 6.53. The Bertz CT molecular complexity index is 1180. The Kier molecular flexibility index (Phi) is 7.25. The number of aliphatic carboxylic acids is 1. The smallest absolute Gasteiger partial charge is 0.410 e. The Hall–Kier alpha value is -4.00. The molecule has 35 heavy (non-hydrogen) atoms. The molecule has 7 nitrogen and oxygen atoms in total. The number of hydrogen-bond donors (Lipinski definition) is 1. The van der Waals surface area contributed by atoms with Crippen molar-refractivity contribution >= 4 is 12.1 Å². The van der Waals surface area contributed by atoms with Gasteiger partial charge in [0.15, 0.2) is 11.5 Å². The lowest BCUT2D eigenvalue weighted by molar-refractivity contribution is -0.142. The Balaban J connectivity index is 1.42. The molecule has 0 bridgehead atoms. The lowest BCUT2D eigenvalue weighted by atomic mass is 9.98. The molecule has 7 heteroatoms. The summed E-state index contributed by atoms with van der Waals surface area (Å²) in [6.45, 7) is 0.138. The fraction of sp³-hybridized carbons (Fsp3) is 0.286. The van der Waals surface area contributed by atoms with Gasteiger partial charge in [0.25, 0.3) is 0 Å². The molecule has 1 amide bonds. The molecule has 0 heterocycles. The van der Waals surface area contributed by atoms with Gasteiger partial charge in [-0.3, -0.25) is 4.90 Å². The van der Waals surface area contributed by atoms with Crippen molar-refractivity contribution in [3.63, 3.8) is 0 Å². The number of hydrogen-bond acceptors (Lipinski definition) is 5. The number of benzene rings is 3. The monoisotopic (exact) mass is 475 g/mol. The third-order valence-corrected chi connectivity index (χ3v) is 6.53. The van der Waals surface area contributed by atoms with Crippen LogP contribution in [0.3, 0.4) is 0 Å². The molecule has 0 saturated carbocycles. The van der Waals surface area contributed by atoms with Gasteiger partial charge in [-0.1, -0.05) is 54.6 Å². The van der Waals surface area contributed by atoms with Crippen LogP contribution in [0.5, 0.6) is 11.5 Å². The van der Waals surface area contributed by atoms with E-state index < -0.39 is 18.1 Å². The number of carbonyl (C=O) groups excluding carboxylic acids is 1. The second-order valence-corrected chi connectivity index (χ2v) is 8.50. The van der Waals surface area contributed by atoms with Gasteiger partial charge in [-0.25, -0.2) is 9.59 Å². The molecule has 4 rings (SSSR count). The van der Waals surface area contributed by atoms with Crippen LogP contribution in [0, 0.1) is 0 Å². The zero-order valence-corrected chi connectivity index (χ0v) is 20.1. The standard InChI is InChI=1S/C28H29NO6/c1-29(24(27(30)31)14-12-18-13-15-25(33-2)26(16-18)34-3)28(32)35-17-23-21-10-6-4-8-19(21)20-9-5-7-11-22(20)23/h4-11,13,15-16,23-24H,12,14,17H2,1-3H3,(H,30,31)/t24-/m0/s1. The maximum atomic E-state index is 12.9. The number of amides is 1. The van der Waals surface area contributed by atoms with Crippen molar-refractivity contribution < 1.29 is 28.9 Å². The largest absolute Gasteiger partial charge is 0.493 e. The van der Waals surface area contributed by atoms with Gasteiger partial charge in [0.2, 0.25) is 0 Å². The van der Waals surface area contributed by atoms with Crippen LogP contribution in [0.15, 0.2) is 66.7 Å². The van der Waals surface area contributed by atoms with Gasteiger partial charge in [0.05, 0.1) is 14.2 Å². The van der Waals surface area contributed by atoms with E-state index >= 15 is 0 Å². The first-order valence-electron chi connectivity index (χ1n) is 11.5. The molecule has 182 valence electrons. The Morgan fingerprint density at radius 1 is 0.914 bits per heavy atom. The highest BCUT2D eigenvalue weighted by atomic mass is 16.6. The molecule has 0 aromatic heterocycles. The van der Waals surface area contributed by atoms with E-state index in [4.69, 9.17) is 14.2 Å². The Labute approximate surface area is 204 Å². The van der Waals surface area contributed by atoms with Crippen molar-refractivity contribution in [2.75, 3.05) is 27.9 Å². The fourth-order valence-corrected chi connectivity index (χ4v) is 4.65. The van der Waals surface area contributed by atoms with Crippen LogP contribution in [0.4, 0.5) is 4.79 Å². The van der Waals surface area contributed by atoms with Crippen LogP contribution in [0.25, 0.3) is 11.1 Å². The third kappa shape index (κ3) is 4.94. The molecule has 0 fully saturated rings. The van der Waals surface area contributed by atoms with Crippen LogP contribution in [0.1, 0.15) is 29.0 Å². The number of rotatable bonds is 9. The van der Waals surface area contributed by atoms with Crippen molar-refractivity contribution in [1.29, 1.82) is 0 Å². The van der Waals surface area contributed by atoms with Gasteiger partial charge in [-0.05, 0) is 52.8 Å². The molecule has 1 aliphatic rings. The van der Waals surface area contributed by atoms with Crippen LogP contribution in [-0.2, 0) is 16.0 Å². The van der Waals surface area contributed by atoms with Gasteiger partial charge < -0.3 is 19.3 Å². The minimum absolute atomic E-state index is 0.0882. The molecule has 3 aromatic rings. The maximum Gasteiger partial charge on any atom is 0.410 e. The lowest BCUT2D eigenvalue weighted by Gasteiger charge is -2.25. The summed E-state index contributed by atoms with van der Waals surface area (Å²) < 4.78 is 16.2. The first-order chi connectivity index (χ1) is 16.9. The van der Waals surface area contributed by atoms with E-state index in [9.17, 15) is 14.7 Å². The molecule has 0 unspecified atom stereocenters. The first kappa shape index (κ1) is 24.1. The van der Waals surface area contributed by atoms with Gasteiger partial charge in [0.1, 0.15) is 12.6 Å². The molecule has 1 N–H and O–H groups in total. The van der Waals surface area contributed by atoms with Crippen LogP contribution >= 0.6 is 0 Å². The van der Waals surface area contributed by atoms with Crippen molar-refractivity contribution in [3.05, 3.63) is 83.4 Å². The van der Waals surface area contributed by atoms with Crippen molar-refractivity contribution in [3.8, 4) is 22.6 Å². The first-order valence-corrected chi connectivity index (χ1v) is 11.5. The molecule has 0 radical (unpaired) electrons. The van der Waals surface area contributed by atoms with Gasteiger partial charge in [0, 0.05) is 13.0 Å². The van der Waals surface area contributed by atoms with E-state index in [1.54, 1.807) is 20.3 Å². The summed E-state index contributed by atoms with van der Waals surface area (Å²) in [5, 5.41) is 9.80. The zero-order valence-electron chi connectivity index (χ0n) is 20.1. The van der Waals surface area contributed by atoms with Crippen molar-refractivity contribution in [2.24, 2.45) is 0 Å². The highest BCUT2D eigenvalue weighted by Gasteiger charge is 2.31. The number of methoxy groups -OCH3 is 2. The number of carboxylic acid groups (broad SMARTS) is 1. The number of aryl methyl sites for hydroxylation is 1. The number of ether oxygens (including phenoxy) is 3. The highest BCUT2D eigenvalue weighted by Crippen LogP contribution is 2.44. The van der Waals surface area contributed by atoms with E-state index in [1.807, 2.05) is 48.5 Å². The summed E-state index contributed by atoms with van der Waals surface area (Å²) in [5.41, 5.74) is 5.36. The molecule has 1 atom stereocenters. The molecule has 3 aromatic carbocycles. The summed E-state index contributed by atoms with van der Waals surface area (Å²) >= 11 is 0. The molecule has 1 aliphatic carbocycles. The van der Waals surface area contributed by atoms with Crippen LogP contribution < -0.4 is 9.47 Å². The second kappa shape index (κ2) is 10.5. The number of fused-ring (bicyclic) bond motifs is 3. The molecular formula is C28H29NO6. The number of nitrogens with zero attached hydrogens (tertiary/aromatic N) is 1. The van der Waals surface area contributed by atoms with Crippen molar-refractivity contribution in [1.82, 2.24) is 4.90 Å². The topological polar surface area (TPSA) is 85.3 Å². The predicted octanol–water partition coefficient (Wildman–Crippen LogP) is 4.97. The SMILES string of the molecule is COc1ccc(CC[C@@H](C(=O)O)N(C)C(=O)OCC2c3ccccc3-c3ccccc32)cc1OC. The Morgan fingerprint density at radius 2 is 1.51 bits per heavy atom. The summed E-state index contributed by atoms with van der Waals surface area (Å²) in [5.74, 6) is -0.000156. The lowest BCUT2D eigenvalue weighted by Crippen LogP contribution is -2.43. The van der Waals surface area contributed by atoms with E-state index in [0.717, 1.165) is 32.7 Å². The zero-order chi connectivity index (χ0) is 24.9. The van der Waals surface area contributed by atoms with Gasteiger partial charge in [-0.2, -0.15) is 0 Å². The normalized spacial score (nSPS) is 12.9. The van der Waals surface area contributed by atoms with Gasteiger partial charge >= 0.3 is 12.1 Å². The molecular weight excluding hydrogens is 446 g/mol. The number of likely N-dealkylation sites (N-methyl/N-ethyl adjacent to an activating group) is 1. The quantitative estimate of drug-likeness (QED) is 0.470. The summed E-state index contributed by atoms with van der Waals surface area (Å²) in [7, 11) is 4.57. The minimum atomic E-state index is -1.08. The minimum Gasteiger partial charge on any atom is -0.493 e. The molecule has 0 aliphatic heterocycles. The van der Waals surface area contributed by atoms with Crippen LogP contribution in [-0.4, -0.2) is 56.0 Å². The average molecular weight is 476 g/mol. The fourth-order valence-electron chi connectivity index (χ4n) is 4.65. The van der Waals surface area contributed by atoms with E-state index in [0.29, 0.717) is 17.9 Å². The number of carbonyl (C=O) groups is 2. The summed E-state index contributed by atoms with van der Waals surface area (Å²) in [4.78, 5) is 26.0. The maximum absolute atomic E-state index is 12.9. The molecule has 0 saturated heterocycles. The molecule has 0 spiro atoms. The van der Waals surface area contributed by atoms with E-state index in [1.165, 1.54) is 7.05 Å². The van der Waals surface area contributed by atoms with Crippen LogP contribution in [0.2, 0.25) is 0 Å². The van der Waals surface area contributed by atoms with E-state index in [2.05, 4.69) is 12.1 Å². The summed E-state index contributed by atoms with van der Waals surface area (Å²) in [6.07, 6.45) is 0.00988. The number of carboxylic acids is 1. The van der Waals surface area contributed by atoms with Gasteiger partial charge in [-0.15, -0.1) is 0 Å². The highest BCUT2D eigenvalue weighted by molar-refractivity contribution is 5.81. The van der Waals surface area contributed by atoms with Crippen molar-refractivity contribution in [2.45, 2.75) is 24.8 Å². The predicted molar refractivity (Wildman–Crippen MR) is 132 cm³/mol. The van der Waals surface area contributed by atoms with E-state index in [-0.39, 0.29) is 18.9 Å².